The Morgan fingerprint density at radius 2 is 0.900 bits per heavy atom. The summed E-state index contributed by atoms with van der Waals surface area (Å²) in [6, 6.07) is -0.705. The van der Waals surface area contributed by atoms with Crippen molar-refractivity contribution >= 4 is 11.9 Å². The molecule has 0 aromatic carbocycles. The van der Waals surface area contributed by atoms with Crippen LogP contribution in [0.4, 0.5) is 0 Å². The zero-order valence-corrected chi connectivity index (χ0v) is 40.1. The number of amides is 1. The van der Waals surface area contributed by atoms with E-state index in [1.807, 2.05) is 0 Å². The Hall–Kier alpha value is -1.92. The molecule has 0 aliphatic heterocycles. The van der Waals surface area contributed by atoms with E-state index in [9.17, 15) is 19.8 Å². The number of allylic oxidation sites excluding steroid dienone is 6. The minimum Gasteiger partial charge on any atom is -0.462 e. The molecule has 0 rings (SSSR count). The Labute approximate surface area is 373 Å². The molecule has 0 aromatic heterocycles. The summed E-state index contributed by atoms with van der Waals surface area (Å²) >= 11 is 0. The summed E-state index contributed by atoms with van der Waals surface area (Å²) in [4.78, 5) is 26.1. The van der Waals surface area contributed by atoms with E-state index in [-0.39, 0.29) is 24.9 Å². The molecule has 0 aromatic rings. The maximum atomic E-state index is 13.2. The molecule has 0 saturated carbocycles. The van der Waals surface area contributed by atoms with Crippen LogP contribution in [0.5, 0.6) is 0 Å². The molecule has 0 fully saturated rings. The molecule has 352 valence electrons. The largest absolute Gasteiger partial charge is 0.462 e. The zero-order chi connectivity index (χ0) is 43.8. The summed E-state index contributed by atoms with van der Waals surface area (Å²) < 4.78 is 5.93. The van der Waals surface area contributed by atoms with E-state index in [0.29, 0.717) is 19.3 Å². The van der Waals surface area contributed by atoms with Crippen molar-refractivity contribution in [1.29, 1.82) is 0 Å². The predicted octanol–water partition coefficient (Wildman–Crippen LogP) is 15.7. The standard InChI is InChI=1S/C54H101NO5/c1-4-7-10-13-16-19-22-25-28-30-33-36-39-42-45-50(60-54(59)47-44-41-38-35-32-29-26-23-20-17-14-11-8-5-2)48-53(58)55-51(49-56)52(57)46-43-40-37-34-31-27-24-21-18-15-12-9-6-3/h8,11,17,20,28,30,50-52,56-57H,4-7,9-10,12-16,18-19,21-27,29,31-49H2,1-3H3,(H,55,58)/b11-8+,20-17+,30-28+. The lowest BCUT2D eigenvalue weighted by molar-refractivity contribution is -0.151. The fourth-order valence-electron chi connectivity index (χ4n) is 7.99. The number of rotatable bonds is 47. The molecular formula is C54H101NO5. The predicted molar refractivity (Wildman–Crippen MR) is 259 cm³/mol. The monoisotopic (exact) mass is 844 g/mol. The van der Waals surface area contributed by atoms with Crippen LogP contribution in [0, 0.1) is 0 Å². The Morgan fingerprint density at radius 1 is 0.500 bits per heavy atom. The van der Waals surface area contributed by atoms with Gasteiger partial charge in [0.15, 0.2) is 0 Å². The fourth-order valence-corrected chi connectivity index (χ4v) is 7.99. The van der Waals surface area contributed by atoms with Crippen molar-refractivity contribution < 1.29 is 24.5 Å². The number of hydrogen-bond donors (Lipinski definition) is 3. The Kier molecular flexibility index (Phi) is 46.6. The quantitative estimate of drug-likeness (QED) is 0.0322. The first-order valence-electron chi connectivity index (χ1n) is 26.2. The second kappa shape index (κ2) is 48.1. The maximum absolute atomic E-state index is 13.2. The second-order valence-electron chi connectivity index (χ2n) is 17.9. The van der Waals surface area contributed by atoms with Crippen molar-refractivity contribution in [2.45, 2.75) is 289 Å². The van der Waals surface area contributed by atoms with Crippen LogP contribution < -0.4 is 5.32 Å². The average Bonchev–Trinajstić information content (AvgIpc) is 3.24. The third-order valence-corrected chi connectivity index (χ3v) is 12.0. The Bertz CT molecular complexity index is 993. The average molecular weight is 844 g/mol. The number of hydrogen-bond acceptors (Lipinski definition) is 5. The van der Waals surface area contributed by atoms with Crippen molar-refractivity contribution in [2.24, 2.45) is 0 Å². The maximum Gasteiger partial charge on any atom is 0.306 e. The number of carbonyl (C=O) groups is 2. The molecule has 3 unspecified atom stereocenters. The lowest BCUT2D eigenvalue weighted by Crippen LogP contribution is -2.46. The highest BCUT2D eigenvalue weighted by Gasteiger charge is 2.24. The summed E-state index contributed by atoms with van der Waals surface area (Å²) in [5.41, 5.74) is 0. The minimum absolute atomic E-state index is 0.0661. The lowest BCUT2D eigenvalue weighted by atomic mass is 10.0. The molecule has 0 aliphatic rings. The summed E-state index contributed by atoms with van der Waals surface area (Å²) in [6.45, 7) is 6.38. The number of esters is 1. The van der Waals surface area contributed by atoms with Gasteiger partial charge in [-0.15, -0.1) is 0 Å². The number of unbranched alkanes of at least 4 members (excludes halogenated alkanes) is 29. The molecule has 1 amide bonds. The number of carbonyl (C=O) groups excluding carboxylic acids is 2. The van der Waals surface area contributed by atoms with E-state index in [2.05, 4.69) is 62.5 Å². The van der Waals surface area contributed by atoms with Gasteiger partial charge in [0.25, 0.3) is 0 Å². The highest BCUT2D eigenvalue weighted by atomic mass is 16.5. The van der Waals surface area contributed by atoms with E-state index in [0.717, 1.165) is 83.5 Å². The van der Waals surface area contributed by atoms with Crippen LogP contribution in [0.3, 0.4) is 0 Å². The highest BCUT2D eigenvalue weighted by molar-refractivity contribution is 5.77. The first-order valence-corrected chi connectivity index (χ1v) is 26.2. The number of aliphatic hydroxyl groups excluding tert-OH is 2. The summed E-state index contributed by atoms with van der Waals surface area (Å²) in [7, 11) is 0. The van der Waals surface area contributed by atoms with E-state index >= 15 is 0 Å². The van der Waals surface area contributed by atoms with Gasteiger partial charge in [0.2, 0.25) is 5.91 Å². The summed E-state index contributed by atoms with van der Waals surface area (Å²) in [6.07, 6.45) is 56.3. The molecule has 3 atom stereocenters. The van der Waals surface area contributed by atoms with Gasteiger partial charge in [-0.25, -0.2) is 0 Å². The fraction of sp³-hybridized carbons (Fsp3) is 0.852. The van der Waals surface area contributed by atoms with Crippen molar-refractivity contribution in [1.82, 2.24) is 5.32 Å². The topological polar surface area (TPSA) is 95.9 Å². The van der Waals surface area contributed by atoms with Gasteiger partial charge in [0, 0.05) is 6.42 Å². The SMILES string of the molecule is CC/C=C/C/C=C/CCCCCCCCCC(=O)OC(CCCCC/C=C/CCCCCCCCC)CC(=O)NC(CO)C(O)CCCCCCCCCCCCCCC. The molecule has 0 heterocycles. The summed E-state index contributed by atoms with van der Waals surface area (Å²) in [5, 5.41) is 23.8. The highest BCUT2D eigenvalue weighted by Crippen LogP contribution is 2.18. The number of aliphatic hydroxyl groups is 2. The summed E-state index contributed by atoms with van der Waals surface area (Å²) in [5.74, 6) is -0.490. The van der Waals surface area contributed by atoms with Gasteiger partial charge in [-0.1, -0.05) is 218 Å². The van der Waals surface area contributed by atoms with Gasteiger partial charge in [0.05, 0.1) is 25.2 Å². The molecule has 0 spiro atoms. The molecule has 3 N–H and O–H groups in total. The van der Waals surface area contributed by atoms with Gasteiger partial charge in [-0.05, 0) is 77.0 Å². The van der Waals surface area contributed by atoms with E-state index in [1.165, 1.54) is 141 Å². The minimum atomic E-state index is -0.790. The van der Waals surface area contributed by atoms with Crippen molar-refractivity contribution in [3.63, 3.8) is 0 Å². The Morgan fingerprint density at radius 3 is 1.38 bits per heavy atom. The van der Waals surface area contributed by atoms with Gasteiger partial charge >= 0.3 is 5.97 Å². The smallest absolute Gasteiger partial charge is 0.306 e. The van der Waals surface area contributed by atoms with Crippen LogP contribution >= 0.6 is 0 Å². The molecule has 60 heavy (non-hydrogen) atoms. The first kappa shape index (κ1) is 58.1. The van der Waals surface area contributed by atoms with Crippen LogP contribution in [-0.2, 0) is 14.3 Å². The van der Waals surface area contributed by atoms with Gasteiger partial charge < -0.3 is 20.3 Å². The zero-order valence-electron chi connectivity index (χ0n) is 40.1. The molecule has 0 saturated heterocycles. The molecular weight excluding hydrogens is 743 g/mol. The first-order chi connectivity index (χ1) is 29.5. The molecule has 0 aliphatic carbocycles. The van der Waals surface area contributed by atoms with Crippen LogP contribution in [0.1, 0.15) is 271 Å². The van der Waals surface area contributed by atoms with Crippen molar-refractivity contribution in [2.75, 3.05) is 6.61 Å². The third kappa shape index (κ3) is 42.8. The van der Waals surface area contributed by atoms with Gasteiger partial charge in [-0.3, -0.25) is 9.59 Å². The van der Waals surface area contributed by atoms with E-state index < -0.39 is 18.2 Å². The van der Waals surface area contributed by atoms with Crippen molar-refractivity contribution in [3.8, 4) is 0 Å². The number of ether oxygens (including phenoxy) is 1. The van der Waals surface area contributed by atoms with E-state index in [4.69, 9.17) is 4.74 Å². The molecule has 6 nitrogen and oxygen atoms in total. The third-order valence-electron chi connectivity index (χ3n) is 12.0. The van der Waals surface area contributed by atoms with Gasteiger partial charge in [0.1, 0.15) is 6.10 Å². The van der Waals surface area contributed by atoms with Crippen LogP contribution in [0.25, 0.3) is 0 Å². The van der Waals surface area contributed by atoms with Crippen molar-refractivity contribution in [3.05, 3.63) is 36.5 Å². The molecule has 6 heteroatoms. The normalized spacial score (nSPS) is 13.5. The van der Waals surface area contributed by atoms with Crippen LogP contribution in [0.2, 0.25) is 0 Å². The van der Waals surface area contributed by atoms with E-state index in [1.54, 1.807) is 0 Å². The second-order valence-corrected chi connectivity index (χ2v) is 17.9. The Balaban J connectivity index is 4.59. The van der Waals surface area contributed by atoms with Crippen LogP contribution in [-0.4, -0.2) is 46.9 Å². The number of nitrogens with one attached hydrogen (secondary N) is 1. The van der Waals surface area contributed by atoms with Crippen LogP contribution in [0.15, 0.2) is 36.5 Å². The lowest BCUT2D eigenvalue weighted by Gasteiger charge is -2.24. The molecule has 0 bridgehead atoms. The van der Waals surface area contributed by atoms with Gasteiger partial charge in [-0.2, -0.15) is 0 Å². The molecule has 0 radical (unpaired) electrons.